The van der Waals surface area contributed by atoms with Crippen molar-refractivity contribution in [1.82, 2.24) is 24.7 Å². The van der Waals surface area contributed by atoms with E-state index < -0.39 is 12.7 Å². The van der Waals surface area contributed by atoms with Gasteiger partial charge >= 0.3 is 0 Å². The van der Waals surface area contributed by atoms with Crippen molar-refractivity contribution in [3.05, 3.63) is 31.0 Å². The highest BCUT2D eigenvalue weighted by Gasteiger charge is 2.24. The largest absolute Gasteiger partial charge is 0.492 e. The summed E-state index contributed by atoms with van der Waals surface area (Å²) in [6.45, 7) is 5.83. The molecule has 0 aliphatic heterocycles. The molecule has 2 rings (SSSR count). The van der Waals surface area contributed by atoms with Gasteiger partial charge < -0.3 is 4.74 Å². The number of aromatic nitrogens is 5. The van der Waals surface area contributed by atoms with Gasteiger partial charge in [0.25, 0.3) is 12.7 Å². The molecule has 0 aromatic carbocycles. The van der Waals surface area contributed by atoms with E-state index in [1.54, 1.807) is 6.92 Å². The Morgan fingerprint density at radius 1 is 1.29 bits per heavy atom. The molecule has 21 heavy (non-hydrogen) atoms. The van der Waals surface area contributed by atoms with E-state index in [4.69, 9.17) is 4.74 Å². The highest BCUT2D eigenvalue weighted by Crippen LogP contribution is 2.23. The van der Waals surface area contributed by atoms with Crippen molar-refractivity contribution in [2.24, 2.45) is 0 Å². The zero-order valence-electron chi connectivity index (χ0n) is 11.1. The molecule has 2 aromatic rings. The van der Waals surface area contributed by atoms with Crippen LogP contribution in [0.15, 0.2) is 25.3 Å². The highest BCUT2D eigenvalue weighted by atomic mass is 19.3. The van der Waals surface area contributed by atoms with Crippen LogP contribution in [-0.4, -0.2) is 37.8 Å². The Morgan fingerprint density at radius 3 is 2.67 bits per heavy atom. The Labute approximate surface area is 118 Å². The molecule has 2 heterocycles. The first kappa shape index (κ1) is 14.9. The van der Waals surface area contributed by atoms with Crippen molar-refractivity contribution >= 4 is 5.76 Å². The SMILES string of the molecule is C=C(OCC)c1nccnc1-c1ncn(C(F)C(F)F)n1. The van der Waals surface area contributed by atoms with Crippen LogP contribution in [0, 0.1) is 0 Å². The average Bonchev–Trinajstić information content (AvgIpc) is 2.96. The van der Waals surface area contributed by atoms with Gasteiger partial charge in [0.1, 0.15) is 23.5 Å². The smallest absolute Gasteiger partial charge is 0.289 e. The van der Waals surface area contributed by atoms with Crippen molar-refractivity contribution in [2.75, 3.05) is 6.61 Å². The van der Waals surface area contributed by atoms with E-state index in [0.29, 0.717) is 11.3 Å². The summed E-state index contributed by atoms with van der Waals surface area (Å²) < 4.78 is 43.5. The second-order valence-electron chi connectivity index (χ2n) is 3.87. The first-order valence-electron chi connectivity index (χ1n) is 6.01. The molecule has 112 valence electrons. The Hall–Kier alpha value is -2.45. The second kappa shape index (κ2) is 6.33. The minimum absolute atomic E-state index is 0.0396. The molecule has 0 bridgehead atoms. The second-order valence-corrected chi connectivity index (χ2v) is 3.87. The van der Waals surface area contributed by atoms with Gasteiger partial charge in [-0.1, -0.05) is 6.58 Å². The summed E-state index contributed by atoms with van der Waals surface area (Å²) >= 11 is 0. The number of rotatable bonds is 6. The van der Waals surface area contributed by atoms with Gasteiger partial charge in [-0.2, -0.15) is 0 Å². The van der Waals surface area contributed by atoms with Crippen LogP contribution in [-0.2, 0) is 4.74 Å². The molecule has 6 nitrogen and oxygen atoms in total. The minimum atomic E-state index is -3.20. The lowest BCUT2D eigenvalue weighted by Crippen LogP contribution is -2.13. The monoisotopic (exact) mass is 299 g/mol. The number of halogens is 3. The van der Waals surface area contributed by atoms with Crippen LogP contribution in [0.2, 0.25) is 0 Å². The quantitative estimate of drug-likeness (QED) is 0.767. The van der Waals surface area contributed by atoms with E-state index in [2.05, 4.69) is 26.6 Å². The third kappa shape index (κ3) is 3.18. The van der Waals surface area contributed by atoms with Gasteiger partial charge in [0.2, 0.25) is 5.82 Å². The lowest BCUT2D eigenvalue weighted by atomic mass is 10.2. The molecular weight excluding hydrogens is 287 g/mol. The Bertz CT molecular complexity index is 631. The minimum Gasteiger partial charge on any atom is -0.492 e. The molecule has 0 fully saturated rings. The number of ether oxygens (including phenoxy) is 1. The normalized spacial score (nSPS) is 12.4. The third-order valence-electron chi connectivity index (χ3n) is 2.46. The molecule has 0 radical (unpaired) electrons. The maximum atomic E-state index is 13.2. The van der Waals surface area contributed by atoms with Crippen molar-refractivity contribution < 1.29 is 17.9 Å². The van der Waals surface area contributed by atoms with Gasteiger partial charge in [0, 0.05) is 12.4 Å². The summed E-state index contributed by atoms with van der Waals surface area (Å²) in [5, 5.41) is 3.66. The van der Waals surface area contributed by atoms with Gasteiger partial charge in [0.15, 0.2) is 0 Å². The first-order valence-corrected chi connectivity index (χ1v) is 6.01. The molecule has 0 amide bonds. The van der Waals surface area contributed by atoms with Crippen molar-refractivity contribution in [2.45, 2.75) is 19.6 Å². The van der Waals surface area contributed by atoms with Crippen LogP contribution in [0.4, 0.5) is 13.2 Å². The third-order valence-corrected chi connectivity index (χ3v) is 2.46. The topological polar surface area (TPSA) is 65.7 Å². The molecule has 0 aliphatic rings. The van der Waals surface area contributed by atoms with Crippen LogP contribution >= 0.6 is 0 Å². The molecule has 0 spiro atoms. The zero-order chi connectivity index (χ0) is 15.4. The standard InChI is InChI=1S/C12H12F3N5O/c1-3-21-7(2)8-9(17-5-4-16-8)12-18-6-20(19-12)11(15)10(13)14/h4-6,10-11H,2-3H2,1H3. The highest BCUT2D eigenvalue weighted by molar-refractivity contribution is 5.68. The molecule has 0 aliphatic carbocycles. The molecule has 9 heteroatoms. The number of hydrogen-bond donors (Lipinski definition) is 0. The van der Waals surface area contributed by atoms with Crippen LogP contribution in [0.3, 0.4) is 0 Å². The molecular formula is C12H12F3N5O. The van der Waals surface area contributed by atoms with Gasteiger partial charge in [-0.05, 0) is 6.92 Å². The summed E-state index contributed by atoms with van der Waals surface area (Å²) in [6, 6.07) is 0. The molecule has 1 unspecified atom stereocenters. The number of hydrogen-bond acceptors (Lipinski definition) is 5. The number of nitrogens with zero attached hydrogens (tertiary/aromatic N) is 5. The van der Waals surface area contributed by atoms with Crippen molar-refractivity contribution in [3.63, 3.8) is 0 Å². The van der Waals surface area contributed by atoms with Gasteiger partial charge in [-0.25, -0.2) is 32.8 Å². The maximum Gasteiger partial charge on any atom is 0.289 e. The number of alkyl halides is 3. The molecule has 1 atom stereocenters. The van der Waals surface area contributed by atoms with Gasteiger partial charge in [0.05, 0.1) is 6.61 Å². The van der Waals surface area contributed by atoms with E-state index in [1.807, 2.05) is 0 Å². The molecule has 0 N–H and O–H groups in total. The predicted molar refractivity (Wildman–Crippen MR) is 67.9 cm³/mol. The Kier molecular flexibility index (Phi) is 4.51. The average molecular weight is 299 g/mol. The molecule has 2 aromatic heterocycles. The summed E-state index contributed by atoms with van der Waals surface area (Å²) in [4.78, 5) is 11.8. The van der Waals surface area contributed by atoms with Crippen molar-refractivity contribution in [3.8, 4) is 11.5 Å². The van der Waals surface area contributed by atoms with E-state index in [1.165, 1.54) is 12.4 Å². The fourth-order valence-electron chi connectivity index (χ4n) is 1.57. The van der Waals surface area contributed by atoms with Gasteiger partial charge in [-0.15, -0.1) is 5.10 Å². The summed E-state index contributed by atoms with van der Waals surface area (Å²) in [7, 11) is 0. The molecule has 0 saturated carbocycles. The van der Waals surface area contributed by atoms with E-state index >= 15 is 0 Å². The fraction of sp³-hybridized carbons (Fsp3) is 0.333. The van der Waals surface area contributed by atoms with E-state index in [0.717, 1.165) is 6.33 Å². The lowest BCUT2D eigenvalue weighted by molar-refractivity contribution is 0.000661. The summed E-state index contributed by atoms with van der Waals surface area (Å²) in [5.41, 5.74) is 0.445. The van der Waals surface area contributed by atoms with Crippen LogP contribution < -0.4 is 0 Å². The summed E-state index contributed by atoms with van der Waals surface area (Å²) in [5.74, 6) is 0.199. The van der Waals surface area contributed by atoms with Gasteiger partial charge in [-0.3, -0.25) is 0 Å². The predicted octanol–water partition coefficient (Wildman–Crippen LogP) is 2.48. The van der Waals surface area contributed by atoms with Crippen LogP contribution in [0.25, 0.3) is 17.3 Å². The Balaban J connectivity index is 2.37. The van der Waals surface area contributed by atoms with E-state index in [-0.39, 0.29) is 23.0 Å². The first-order chi connectivity index (χ1) is 10.0. The van der Waals surface area contributed by atoms with Crippen molar-refractivity contribution in [1.29, 1.82) is 0 Å². The molecule has 0 saturated heterocycles. The maximum absolute atomic E-state index is 13.2. The van der Waals surface area contributed by atoms with E-state index in [9.17, 15) is 13.2 Å². The summed E-state index contributed by atoms with van der Waals surface area (Å²) in [6.07, 6.45) is -2.11. The van der Waals surface area contributed by atoms with Crippen LogP contribution in [0.1, 0.15) is 18.9 Å². The zero-order valence-corrected chi connectivity index (χ0v) is 11.1. The Morgan fingerprint density at radius 2 is 2.00 bits per heavy atom. The van der Waals surface area contributed by atoms with Crippen LogP contribution in [0.5, 0.6) is 0 Å². The fourth-order valence-corrected chi connectivity index (χ4v) is 1.57. The lowest BCUT2D eigenvalue weighted by Gasteiger charge is -2.08.